The summed E-state index contributed by atoms with van der Waals surface area (Å²) in [6.07, 6.45) is 2.39. The molecule has 0 N–H and O–H groups in total. The van der Waals surface area contributed by atoms with Crippen molar-refractivity contribution in [2.24, 2.45) is 0 Å². The van der Waals surface area contributed by atoms with Gasteiger partial charge in [-0.05, 0) is 0 Å². The first-order valence-corrected chi connectivity index (χ1v) is 3.05. The molecule has 0 aliphatic rings. The normalized spacial score (nSPS) is 9.43. The van der Waals surface area contributed by atoms with Crippen molar-refractivity contribution in [2.75, 3.05) is 13.1 Å². The maximum absolute atomic E-state index is 4.21. The Bertz CT molecular complexity index is 23.4. The predicted octanol–water partition coefficient (Wildman–Crippen LogP) is 2.18. The van der Waals surface area contributed by atoms with Crippen molar-refractivity contribution >= 4 is 0 Å². The van der Waals surface area contributed by atoms with Gasteiger partial charge in [0.15, 0.2) is 0 Å². The van der Waals surface area contributed by atoms with Gasteiger partial charge >= 0.3 is 0 Å². The molecule has 0 bridgehead atoms. The van der Waals surface area contributed by atoms with Gasteiger partial charge in [-0.1, -0.05) is 26.7 Å². The van der Waals surface area contributed by atoms with Crippen molar-refractivity contribution in [2.45, 2.75) is 26.7 Å². The second-order valence-corrected chi connectivity index (χ2v) is 1.67. The first-order chi connectivity index (χ1) is 3.41. The highest BCUT2D eigenvalue weighted by molar-refractivity contribution is 4.75. The highest BCUT2D eigenvalue weighted by Crippen LogP contribution is 1.90. The molecular formula is C6H14N-. The van der Waals surface area contributed by atoms with Gasteiger partial charge in [-0.2, -0.15) is 0 Å². The minimum absolute atomic E-state index is 1.05. The molecule has 0 aliphatic heterocycles. The van der Waals surface area contributed by atoms with E-state index in [1.807, 2.05) is 0 Å². The van der Waals surface area contributed by atoms with E-state index in [1.54, 1.807) is 0 Å². The maximum Gasteiger partial charge on any atom is -0.0670 e. The zero-order chi connectivity index (χ0) is 5.54. The van der Waals surface area contributed by atoms with Crippen LogP contribution in [0.15, 0.2) is 0 Å². The van der Waals surface area contributed by atoms with Gasteiger partial charge in [-0.15, -0.1) is 13.1 Å². The van der Waals surface area contributed by atoms with Gasteiger partial charge in [-0.25, -0.2) is 0 Å². The Morgan fingerprint density at radius 2 is 1.43 bits per heavy atom. The third-order valence-electron chi connectivity index (χ3n) is 0.763. The van der Waals surface area contributed by atoms with Crippen molar-refractivity contribution in [1.29, 1.82) is 0 Å². The summed E-state index contributed by atoms with van der Waals surface area (Å²) in [7, 11) is 0. The fraction of sp³-hybridized carbons (Fsp3) is 1.00. The summed E-state index contributed by atoms with van der Waals surface area (Å²) in [6.45, 7) is 6.40. The lowest BCUT2D eigenvalue weighted by molar-refractivity contribution is 0.907. The number of rotatable bonds is 4. The van der Waals surface area contributed by atoms with E-state index in [2.05, 4.69) is 19.2 Å². The molecule has 0 atom stereocenters. The third-order valence-corrected chi connectivity index (χ3v) is 0.763. The summed E-state index contributed by atoms with van der Waals surface area (Å²) in [5, 5.41) is 4.21. The van der Waals surface area contributed by atoms with Crippen LogP contribution in [-0.4, -0.2) is 13.1 Å². The largest absolute Gasteiger partial charge is 0.662 e. The fourth-order valence-electron chi connectivity index (χ4n) is 0.428. The Labute approximate surface area is 46.1 Å². The summed E-state index contributed by atoms with van der Waals surface area (Å²) in [4.78, 5) is 0. The van der Waals surface area contributed by atoms with E-state index in [9.17, 15) is 0 Å². The quantitative estimate of drug-likeness (QED) is 0.481. The number of hydrogen-bond acceptors (Lipinski definition) is 0. The SMILES string of the molecule is CCC[N-]CCC. The molecule has 0 fully saturated rings. The zero-order valence-corrected chi connectivity index (χ0v) is 5.28. The van der Waals surface area contributed by atoms with Gasteiger partial charge in [0, 0.05) is 0 Å². The van der Waals surface area contributed by atoms with Gasteiger partial charge in [0.1, 0.15) is 0 Å². The molecule has 7 heavy (non-hydrogen) atoms. The molecule has 0 amide bonds. The molecule has 0 radical (unpaired) electrons. The molecule has 0 saturated carbocycles. The summed E-state index contributed by atoms with van der Waals surface area (Å²) >= 11 is 0. The Morgan fingerprint density at radius 1 is 1.00 bits per heavy atom. The second kappa shape index (κ2) is 5.96. The fourth-order valence-corrected chi connectivity index (χ4v) is 0.428. The molecule has 0 unspecified atom stereocenters. The van der Waals surface area contributed by atoms with Crippen molar-refractivity contribution in [3.8, 4) is 0 Å². The van der Waals surface area contributed by atoms with Crippen LogP contribution in [0.1, 0.15) is 26.7 Å². The third kappa shape index (κ3) is 5.96. The number of nitrogens with zero attached hydrogens (tertiary/aromatic N) is 1. The van der Waals surface area contributed by atoms with Gasteiger partial charge < -0.3 is 5.32 Å². The van der Waals surface area contributed by atoms with Crippen molar-refractivity contribution < 1.29 is 0 Å². The van der Waals surface area contributed by atoms with Crippen LogP contribution in [0.25, 0.3) is 5.32 Å². The Morgan fingerprint density at radius 3 is 1.71 bits per heavy atom. The van der Waals surface area contributed by atoms with Gasteiger partial charge in [0.2, 0.25) is 0 Å². The highest BCUT2D eigenvalue weighted by Gasteiger charge is 1.63. The van der Waals surface area contributed by atoms with Gasteiger partial charge in [0.25, 0.3) is 0 Å². The summed E-state index contributed by atoms with van der Waals surface area (Å²) < 4.78 is 0. The monoisotopic (exact) mass is 100 g/mol. The standard InChI is InChI=1S/C6H14N/c1-3-5-7-6-4-2/h3-6H2,1-2H3/q-1. The Hall–Kier alpha value is -0.0400. The Kier molecular flexibility index (Phi) is 5.93. The summed E-state index contributed by atoms with van der Waals surface area (Å²) in [5.41, 5.74) is 0. The van der Waals surface area contributed by atoms with Gasteiger partial charge in [0.05, 0.1) is 0 Å². The molecule has 0 spiro atoms. The van der Waals surface area contributed by atoms with Crippen LogP contribution < -0.4 is 0 Å². The van der Waals surface area contributed by atoms with Crippen LogP contribution >= 0.6 is 0 Å². The second-order valence-electron chi connectivity index (χ2n) is 1.67. The maximum atomic E-state index is 4.21. The lowest BCUT2D eigenvalue weighted by atomic mass is 10.4. The average Bonchev–Trinajstić information content (AvgIpc) is 1.69. The lowest BCUT2D eigenvalue weighted by Crippen LogP contribution is -1.83. The van der Waals surface area contributed by atoms with Crippen LogP contribution in [-0.2, 0) is 0 Å². The minimum Gasteiger partial charge on any atom is -0.662 e. The van der Waals surface area contributed by atoms with Gasteiger partial charge in [-0.3, -0.25) is 0 Å². The first-order valence-electron chi connectivity index (χ1n) is 3.05. The predicted molar refractivity (Wildman–Crippen MR) is 33.7 cm³/mol. The minimum atomic E-state index is 1.05. The molecule has 44 valence electrons. The lowest BCUT2D eigenvalue weighted by Gasteiger charge is -2.14. The molecule has 1 heteroatoms. The molecule has 0 heterocycles. The van der Waals surface area contributed by atoms with E-state index in [0.29, 0.717) is 0 Å². The van der Waals surface area contributed by atoms with Crippen LogP contribution in [0.3, 0.4) is 0 Å². The Balaban J connectivity index is 2.45. The molecule has 0 aromatic carbocycles. The number of hydrogen-bond donors (Lipinski definition) is 0. The molecule has 0 aliphatic carbocycles. The van der Waals surface area contributed by atoms with Crippen molar-refractivity contribution in [3.05, 3.63) is 5.32 Å². The molecule has 0 saturated heterocycles. The van der Waals surface area contributed by atoms with Crippen LogP contribution in [0.5, 0.6) is 0 Å². The van der Waals surface area contributed by atoms with E-state index in [-0.39, 0.29) is 0 Å². The van der Waals surface area contributed by atoms with Crippen LogP contribution in [0, 0.1) is 0 Å². The highest BCUT2D eigenvalue weighted by atomic mass is 14.8. The molecular weight excluding hydrogens is 86.1 g/mol. The van der Waals surface area contributed by atoms with Crippen LogP contribution in [0.4, 0.5) is 0 Å². The van der Waals surface area contributed by atoms with Crippen LogP contribution in [0.2, 0.25) is 0 Å². The zero-order valence-electron chi connectivity index (χ0n) is 5.28. The molecule has 0 aromatic rings. The molecule has 0 aromatic heterocycles. The van der Waals surface area contributed by atoms with E-state index in [0.717, 1.165) is 13.1 Å². The van der Waals surface area contributed by atoms with E-state index >= 15 is 0 Å². The smallest absolute Gasteiger partial charge is 0.0670 e. The topological polar surface area (TPSA) is 14.1 Å². The van der Waals surface area contributed by atoms with E-state index in [1.165, 1.54) is 12.8 Å². The summed E-state index contributed by atoms with van der Waals surface area (Å²) in [6, 6.07) is 0. The van der Waals surface area contributed by atoms with Crippen molar-refractivity contribution in [3.63, 3.8) is 0 Å². The van der Waals surface area contributed by atoms with Crippen molar-refractivity contribution in [1.82, 2.24) is 0 Å². The van der Waals surface area contributed by atoms with E-state index in [4.69, 9.17) is 0 Å². The average molecular weight is 100 g/mol. The first kappa shape index (κ1) is 6.96. The molecule has 0 rings (SSSR count). The summed E-state index contributed by atoms with van der Waals surface area (Å²) in [5.74, 6) is 0. The van der Waals surface area contributed by atoms with E-state index < -0.39 is 0 Å². The molecule has 1 nitrogen and oxygen atoms in total.